The van der Waals surface area contributed by atoms with Gasteiger partial charge in [-0.15, -0.1) is 0 Å². The number of hydrogen-bond acceptors (Lipinski definition) is 6. The quantitative estimate of drug-likeness (QED) is 0.290. The molecule has 2 atom stereocenters. The summed E-state index contributed by atoms with van der Waals surface area (Å²) in [6.07, 6.45) is 2.17. The van der Waals surface area contributed by atoms with E-state index in [0.717, 1.165) is 11.1 Å². The maximum atomic E-state index is 13.5. The molecule has 1 saturated heterocycles. The Kier molecular flexibility index (Phi) is 10.3. The summed E-state index contributed by atoms with van der Waals surface area (Å²) in [6, 6.07) is 25.7. The minimum atomic E-state index is -0.984. The van der Waals surface area contributed by atoms with Crippen LogP contribution in [0.25, 0.3) is 6.08 Å². The molecule has 212 valence electrons. The van der Waals surface area contributed by atoms with Crippen molar-refractivity contribution in [3.05, 3.63) is 113 Å². The number of ether oxygens (including phenoxy) is 2. The molecule has 3 aromatic rings. The Morgan fingerprint density at radius 3 is 2.15 bits per heavy atom. The summed E-state index contributed by atoms with van der Waals surface area (Å²) in [5.74, 6) is -1.80. The first-order chi connectivity index (χ1) is 19.9. The second-order valence-electron chi connectivity index (χ2n) is 9.59. The van der Waals surface area contributed by atoms with Gasteiger partial charge in [-0.05, 0) is 35.6 Å². The average Bonchev–Trinajstić information content (AvgIpc) is 3.51. The lowest BCUT2D eigenvalue weighted by molar-refractivity contribution is -0.144. The molecule has 0 unspecified atom stereocenters. The summed E-state index contributed by atoms with van der Waals surface area (Å²) in [7, 11) is 1.25. The SMILES string of the molecule is COC(=O)[C@H](Cc1ccccc1)NC(=O)C(=Cc1ccccc1)NC(=O)[C@@H]1CCCN1C(=O)OCc1ccccc1. The Morgan fingerprint density at radius 1 is 0.902 bits per heavy atom. The summed E-state index contributed by atoms with van der Waals surface area (Å²) in [4.78, 5) is 53.7. The molecular formula is C32H33N3O6. The number of rotatable bonds is 10. The van der Waals surface area contributed by atoms with Gasteiger partial charge in [0.2, 0.25) is 5.91 Å². The van der Waals surface area contributed by atoms with Crippen molar-refractivity contribution in [1.29, 1.82) is 0 Å². The first-order valence-corrected chi connectivity index (χ1v) is 13.4. The van der Waals surface area contributed by atoms with Crippen LogP contribution in [0, 0.1) is 0 Å². The largest absolute Gasteiger partial charge is 0.467 e. The lowest BCUT2D eigenvalue weighted by Crippen LogP contribution is -2.49. The number of benzene rings is 3. The standard InChI is InChI=1S/C32H33N3O6/c1-40-31(38)27(21-24-14-7-3-8-15-24)34-29(36)26(20-23-12-5-2-6-13-23)33-30(37)28-18-11-19-35(28)32(39)41-22-25-16-9-4-10-17-25/h2-10,12-17,20,27-28H,11,18-19,21-22H2,1H3,(H,33,37)(H,34,36)/t27-,28-/m0/s1. The summed E-state index contributed by atoms with van der Waals surface area (Å²) >= 11 is 0. The summed E-state index contributed by atoms with van der Waals surface area (Å²) in [5.41, 5.74) is 2.27. The third-order valence-electron chi connectivity index (χ3n) is 6.68. The van der Waals surface area contributed by atoms with E-state index in [1.54, 1.807) is 24.3 Å². The monoisotopic (exact) mass is 555 g/mol. The second kappa shape index (κ2) is 14.5. The van der Waals surface area contributed by atoms with Gasteiger partial charge in [-0.2, -0.15) is 0 Å². The van der Waals surface area contributed by atoms with Crippen LogP contribution < -0.4 is 10.6 Å². The highest BCUT2D eigenvalue weighted by Crippen LogP contribution is 2.20. The van der Waals surface area contributed by atoms with E-state index in [4.69, 9.17) is 9.47 Å². The number of likely N-dealkylation sites (tertiary alicyclic amines) is 1. The van der Waals surface area contributed by atoms with Gasteiger partial charge in [-0.3, -0.25) is 14.5 Å². The van der Waals surface area contributed by atoms with Gasteiger partial charge in [0.05, 0.1) is 7.11 Å². The Labute approximate surface area is 239 Å². The maximum absolute atomic E-state index is 13.5. The molecule has 0 radical (unpaired) electrons. The fourth-order valence-corrected chi connectivity index (χ4v) is 4.57. The van der Waals surface area contributed by atoms with Crippen LogP contribution in [-0.2, 0) is 36.9 Å². The second-order valence-corrected chi connectivity index (χ2v) is 9.59. The van der Waals surface area contributed by atoms with Gasteiger partial charge in [0.1, 0.15) is 24.4 Å². The van der Waals surface area contributed by atoms with Crippen molar-refractivity contribution in [2.24, 2.45) is 0 Å². The van der Waals surface area contributed by atoms with Crippen molar-refractivity contribution in [1.82, 2.24) is 15.5 Å². The summed E-state index contributed by atoms with van der Waals surface area (Å²) in [5, 5.41) is 5.40. The zero-order valence-electron chi connectivity index (χ0n) is 22.8. The van der Waals surface area contributed by atoms with E-state index in [0.29, 0.717) is 24.9 Å². The Morgan fingerprint density at radius 2 is 1.51 bits per heavy atom. The lowest BCUT2D eigenvalue weighted by atomic mass is 10.1. The van der Waals surface area contributed by atoms with Crippen LogP contribution in [0.15, 0.2) is 96.7 Å². The van der Waals surface area contributed by atoms with E-state index >= 15 is 0 Å². The van der Waals surface area contributed by atoms with E-state index < -0.39 is 36.0 Å². The zero-order valence-corrected chi connectivity index (χ0v) is 22.8. The van der Waals surface area contributed by atoms with Gasteiger partial charge in [-0.25, -0.2) is 9.59 Å². The van der Waals surface area contributed by atoms with Crippen LogP contribution in [0.5, 0.6) is 0 Å². The topological polar surface area (TPSA) is 114 Å². The van der Waals surface area contributed by atoms with Crippen LogP contribution in [-0.4, -0.2) is 54.5 Å². The number of amides is 3. The van der Waals surface area contributed by atoms with Crippen LogP contribution in [0.1, 0.15) is 29.5 Å². The first kappa shape index (κ1) is 29.1. The molecule has 9 heteroatoms. The molecular weight excluding hydrogens is 522 g/mol. The molecule has 1 aliphatic heterocycles. The lowest BCUT2D eigenvalue weighted by Gasteiger charge is -2.24. The fourth-order valence-electron chi connectivity index (χ4n) is 4.57. The molecule has 3 amide bonds. The number of esters is 1. The molecule has 0 spiro atoms. The van der Waals surface area contributed by atoms with Gasteiger partial charge < -0.3 is 20.1 Å². The molecule has 0 aliphatic carbocycles. The van der Waals surface area contributed by atoms with Crippen LogP contribution in [0.4, 0.5) is 4.79 Å². The zero-order chi connectivity index (χ0) is 29.0. The van der Waals surface area contributed by atoms with Crippen molar-refractivity contribution >= 4 is 30.0 Å². The minimum Gasteiger partial charge on any atom is -0.467 e. The number of hydrogen-bond donors (Lipinski definition) is 2. The normalized spacial score (nSPS) is 15.5. The molecule has 2 N–H and O–H groups in total. The number of methoxy groups -OCH3 is 1. The molecule has 0 aromatic heterocycles. The van der Waals surface area contributed by atoms with Crippen LogP contribution in [0.3, 0.4) is 0 Å². The molecule has 4 rings (SSSR count). The molecule has 3 aromatic carbocycles. The molecule has 0 saturated carbocycles. The third kappa shape index (κ3) is 8.28. The predicted molar refractivity (Wildman–Crippen MR) is 153 cm³/mol. The van der Waals surface area contributed by atoms with E-state index in [-0.39, 0.29) is 18.7 Å². The van der Waals surface area contributed by atoms with Crippen molar-refractivity contribution in [2.45, 2.75) is 38.0 Å². The average molecular weight is 556 g/mol. The Bertz CT molecular complexity index is 1360. The first-order valence-electron chi connectivity index (χ1n) is 13.4. The van der Waals surface area contributed by atoms with Crippen molar-refractivity contribution < 1.29 is 28.7 Å². The smallest absolute Gasteiger partial charge is 0.410 e. The summed E-state index contributed by atoms with van der Waals surface area (Å²) < 4.78 is 10.4. The van der Waals surface area contributed by atoms with E-state index in [2.05, 4.69) is 10.6 Å². The van der Waals surface area contributed by atoms with Crippen LogP contribution >= 0.6 is 0 Å². The van der Waals surface area contributed by atoms with Crippen molar-refractivity contribution in [2.75, 3.05) is 13.7 Å². The summed E-state index contributed by atoms with van der Waals surface area (Å²) in [6.45, 7) is 0.444. The van der Waals surface area contributed by atoms with Gasteiger partial charge in [-0.1, -0.05) is 91.0 Å². The minimum absolute atomic E-state index is 0.0623. The Hall–Kier alpha value is -4.92. The van der Waals surface area contributed by atoms with Gasteiger partial charge in [0.25, 0.3) is 5.91 Å². The van der Waals surface area contributed by atoms with Crippen molar-refractivity contribution in [3.8, 4) is 0 Å². The number of carbonyl (C=O) groups is 4. The number of nitrogens with zero attached hydrogens (tertiary/aromatic N) is 1. The number of carbonyl (C=O) groups excluding carboxylic acids is 4. The number of nitrogens with one attached hydrogen (secondary N) is 2. The Balaban J connectivity index is 1.49. The molecule has 1 fully saturated rings. The molecule has 1 aliphatic rings. The fraction of sp³-hybridized carbons (Fsp3) is 0.250. The molecule has 0 bridgehead atoms. The predicted octanol–water partition coefficient (Wildman–Crippen LogP) is 3.85. The highest BCUT2D eigenvalue weighted by molar-refractivity contribution is 6.03. The maximum Gasteiger partial charge on any atom is 0.410 e. The van der Waals surface area contributed by atoms with Gasteiger partial charge >= 0.3 is 12.1 Å². The van der Waals surface area contributed by atoms with Crippen LogP contribution in [0.2, 0.25) is 0 Å². The van der Waals surface area contributed by atoms with E-state index in [9.17, 15) is 19.2 Å². The third-order valence-corrected chi connectivity index (χ3v) is 6.68. The highest BCUT2D eigenvalue weighted by Gasteiger charge is 2.36. The molecule has 1 heterocycles. The van der Waals surface area contributed by atoms with E-state index in [1.165, 1.54) is 18.1 Å². The van der Waals surface area contributed by atoms with E-state index in [1.807, 2.05) is 66.7 Å². The van der Waals surface area contributed by atoms with Gasteiger partial charge in [0, 0.05) is 13.0 Å². The molecule has 9 nitrogen and oxygen atoms in total. The highest BCUT2D eigenvalue weighted by atomic mass is 16.6. The molecule has 41 heavy (non-hydrogen) atoms. The van der Waals surface area contributed by atoms with Gasteiger partial charge in [0.15, 0.2) is 0 Å². The van der Waals surface area contributed by atoms with Crippen molar-refractivity contribution in [3.63, 3.8) is 0 Å².